The van der Waals surface area contributed by atoms with Gasteiger partial charge in [-0.15, -0.1) is 5.10 Å². The van der Waals surface area contributed by atoms with Gasteiger partial charge in [0.2, 0.25) is 0 Å². The molecule has 0 radical (unpaired) electrons. The van der Waals surface area contributed by atoms with Crippen LogP contribution in [0.3, 0.4) is 0 Å². The second-order valence-corrected chi connectivity index (χ2v) is 2.91. The molecule has 0 aliphatic carbocycles. The van der Waals surface area contributed by atoms with Gasteiger partial charge in [0.05, 0.1) is 11.9 Å². The van der Waals surface area contributed by atoms with Crippen molar-refractivity contribution in [3.05, 3.63) is 5.38 Å². The molecule has 0 saturated carbocycles. The Bertz CT molecular complexity index is 288. The van der Waals surface area contributed by atoms with Crippen molar-refractivity contribution in [2.24, 2.45) is 0 Å². The molecule has 2 amide bonds. The van der Waals surface area contributed by atoms with Crippen LogP contribution in [0.4, 0.5) is 10.6 Å². The minimum atomic E-state index is -0.832. The Hall–Kier alpha value is -1.21. The van der Waals surface area contributed by atoms with Gasteiger partial charge in [-0.25, -0.2) is 9.69 Å². The van der Waals surface area contributed by atoms with E-state index in [4.69, 9.17) is 0 Å². The highest BCUT2D eigenvalue weighted by molar-refractivity contribution is 7.03. The van der Waals surface area contributed by atoms with Gasteiger partial charge in [-0.2, -0.15) is 0 Å². The van der Waals surface area contributed by atoms with Crippen LogP contribution >= 0.6 is 11.5 Å². The molecule has 12 heavy (non-hydrogen) atoms. The van der Waals surface area contributed by atoms with Gasteiger partial charge in [-0.3, -0.25) is 0 Å². The van der Waals surface area contributed by atoms with Crippen molar-refractivity contribution in [2.45, 2.75) is 6.23 Å². The predicted octanol–water partition coefficient (Wildman–Crippen LogP) is -0.614. The Labute approximate surface area is 72.0 Å². The fourth-order valence-corrected chi connectivity index (χ4v) is 1.44. The monoisotopic (exact) mass is 186 g/mol. The van der Waals surface area contributed by atoms with Gasteiger partial charge in [0, 0.05) is 0 Å². The Balaban J connectivity index is 2.28. The smallest absolute Gasteiger partial charge is 0.325 e. The van der Waals surface area contributed by atoms with Crippen LogP contribution in [-0.4, -0.2) is 33.5 Å². The molecule has 1 aromatic rings. The van der Waals surface area contributed by atoms with Crippen molar-refractivity contribution in [3.63, 3.8) is 0 Å². The maximum Gasteiger partial charge on any atom is 0.325 e. The van der Waals surface area contributed by atoms with E-state index in [-0.39, 0.29) is 12.6 Å². The standard InChI is InChI=1S/C5H6N4O2S/c10-4-1-6-5(11)9(4)3-2-12-8-7-3/h2,4,10H,1H2,(H,6,11). The summed E-state index contributed by atoms with van der Waals surface area (Å²) < 4.78 is 3.59. The molecule has 1 aliphatic rings. The summed E-state index contributed by atoms with van der Waals surface area (Å²) in [4.78, 5) is 12.2. The SMILES string of the molecule is O=C1NCC(O)N1c1csnn1. The number of nitrogens with one attached hydrogen (secondary N) is 1. The van der Waals surface area contributed by atoms with Crippen molar-refractivity contribution in [3.8, 4) is 0 Å². The zero-order valence-corrected chi connectivity index (χ0v) is 6.78. The van der Waals surface area contributed by atoms with Crippen molar-refractivity contribution >= 4 is 23.4 Å². The van der Waals surface area contributed by atoms with Crippen molar-refractivity contribution in [1.29, 1.82) is 0 Å². The zero-order valence-electron chi connectivity index (χ0n) is 5.97. The topological polar surface area (TPSA) is 78.4 Å². The lowest BCUT2D eigenvalue weighted by Crippen LogP contribution is -2.34. The molecule has 1 atom stereocenters. The van der Waals surface area contributed by atoms with Gasteiger partial charge >= 0.3 is 6.03 Å². The largest absolute Gasteiger partial charge is 0.371 e. The number of aliphatic hydroxyl groups is 1. The summed E-state index contributed by atoms with van der Waals surface area (Å²) in [6.07, 6.45) is -0.832. The number of amides is 2. The third kappa shape index (κ3) is 1.03. The first kappa shape index (κ1) is 7.44. The molecule has 0 bridgehead atoms. The average Bonchev–Trinajstić information content (AvgIpc) is 2.61. The highest BCUT2D eigenvalue weighted by Crippen LogP contribution is 2.16. The number of hydrogen-bond donors (Lipinski definition) is 2. The van der Waals surface area contributed by atoms with E-state index in [1.54, 1.807) is 5.38 Å². The van der Waals surface area contributed by atoms with E-state index in [0.717, 1.165) is 11.5 Å². The normalized spacial score (nSPS) is 22.9. The van der Waals surface area contributed by atoms with Gasteiger partial charge in [0.25, 0.3) is 0 Å². The number of urea groups is 1. The molecule has 1 aliphatic heterocycles. The molecule has 7 heteroatoms. The third-order valence-corrected chi connectivity index (χ3v) is 2.04. The first-order valence-electron chi connectivity index (χ1n) is 3.31. The van der Waals surface area contributed by atoms with Crippen LogP contribution in [0.15, 0.2) is 5.38 Å². The van der Waals surface area contributed by atoms with E-state index in [1.165, 1.54) is 4.90 Å². The average molecular weight is 186 g/mol. The van der Waals surface area contributed by atoms with Crippen LogP contribution in [0.25, 0.3) is 0 Å². The van der Waals surface area contributed by atoms with Crippen LogP contribution in [0.2, 0.25) is 0 Å². The summed E-state index contributed by atoms with van der Waals surface area (Å²) in [6, 6.07) is -0.338. The Kier molecular flexibility index (Phi) is 1.66. The lowest BCUT2D eigenvalue weighted by Gasteiger charge is -2.13. The van der Waals surface area contributed by atoms with Crippen LogP contribution in [0.1, 0.15) is 0 Å². The van der Waals surface area contributed by atoms with Gasteiger partial charge < -0.3 is 10.4 Å². The maximum atomic E-state index is 11.1. The minimum absolute atomic E-state index is 0.232. The molecular formula is C5H6N4O2S. The van der Waals surface area contributed by atoms with Gasteiger partial charge in [-0.05, 0) is 11.5 Å². The number of carbonyl (C=O) groups is 1. The second-order valence-electron chi connectivity index (χ2n) is 2.30. The zero-order chi connectivity index (χ0) is 8.55. The molecule has 1 saturated heterocycles. The van der Waals surface area contributed by atoms with E-state index >= 15 is 0 Å². The summed E-state index contributed by atoms with van der Waals surface area (Å²) in [7, 11) is 0. The first-order valence-corrected chi connectivity index (χ1v) is 4.15. The molecule has 64 valence electrons. The predicted molar refractivity (Wildman–Crippen MR) is 41.8 cm³/mol. The third-order valence-electron chi connectivity index (χ3n) is 1.55. The molecule has 2 rings (SSSR count). The van der Waals surface area contributed by atoms with Crippen LogP contribution < -0.4 is 10.2 Å². The number of anilines is 1. The molecule has 1 fully saturated rings. The summed E-state index contributed by atoms with van der Waals surface area (Å²) in [5.41, 5.74) is 0. The lowest BCUT2D eigenvalue weighted by atomic mass is 10.5. The van der Waals surface area contributed by atoms with Gasteiger partial charge in [0.1, 0.15) is 0 Å². The fourth-order valence-electron chi connectivity index (χ4n) is 1.01. The Morgan fingerprint density at radius 3 is 3.17 bits per heavy atom. The highest BCUT2D eigenvalue weighted by atomic mass is 32.1. The molecule has 1 aromatic heterocycles. The van der Waals surface area contributed by atoms with Gasteiger partial charge in [-0.1, -0.05) is 4.49 Å². The summed E-state index contributed by atoms with van der Waals surface area (Å²) in [5, 5.41) is 17.1. The van der Waals surface area contributed by atoms with Crippen molar-refractivity contribution in [2.75, 3.05) is 11.4 Å². The first-order chi connectivity index (χ1) is 5.79. The molecule has 1 unspecified atom stereocenters. The molecule has 0 spiro atoms. The lowest BCUT2D eigenvalue weighted by molar-refractivity contribution is 0.195. The summed E-state index contributed by atoms with van der Waals surface area (Å²) in [5.74, 6) is 0.391. The van der Waals surface area contributed by atoms with Crippen LogP contribution in [-0.2, 0) is 0 Å². The number of aliphatic hydroxyl groups excluding tert-OH is 1. The second kappa shape index (κ2) is 2.68. The van der Waals surface area contributed by atoms with Crippen molar-refractivity contribution in [1.82, 2.24) is 14.9 Å². The van der Waals surface area contributed by atoms with Crippen LogP contribution in [0, 0.1) is 0 Å². The molecule has 2 N–H and O–H groups in total. The Morgan fingerprint density at radius 2 is 2.67 bits per heavy atom. The van der Waals surface area contributed by atoms with Crippen molar-refractivity contribution < 1.29 is 9.90 Å². The number of aromatic nitrogens is 2. The number of hydrogen-bond acceptors (Lipinski definition) is 5. The maximum absolute atomic E-state index is 11.1. The number of nitrogens with zero attached hydrogens (tertiary/aromatic N) is 3. The van der Waals surface area contributed by atoms with E-state index in [9.17, 15) is 9.90 Å². The van der Waals surface area contributed by atoms with Crippen LogP contribution in [0.5, 0.6) is 0 Å². The minimum Gasteiger partial charge on any atom is -0.371 e. The van der Waals surface area contributed by atoms with E-state index < -0.39 is 6.23 Å². The number of β-amino-alcohol motifs (C(OH)–C–C–N with tert-alkyl or cyclic N) is 1. The van der Waals surface area contributed by atoms with E-state index in [2.05, 4.69) is 14.9 Å². The fraction of sp³-hybridized carbons (Fsp3) is 0.400. The highest BCUT2D eigenvalue weighted by Gasteiger charge is 2.31. The molecule has 6 nitrogen and oxygen atoms in total. The quantitative estimate of drug-likeness (QED) is 0.613. The molecule has 0 aromatic carbocycles. The Morgan fingerprint density at radius 1 is 1.83 bits per heavy atom. The van der Waals surface area contributed by atoms with Gasteiger partial charge in [0.15, 0.2) is 12.0 Å². The summed E-state index contributed by atoms with van der Waals surface area (Å²) >= 11 is 1.14. The number of rotatable bonds is 1. The molecular weight excluding hydrogens is 180 g/mol. The van der Waals surface area contributed by atoms with E-state index in [0.29, 0.717) is 5.82 Å². The van der Waals surface area contributed by atoms with E-state index in [1.807, 2.05) is 0 Å². The number of carbonyl (C=O) groups excluding carboxylic acids is 1. The molecule has 2 heterocycles. The summed E-state index contributed by atoms with van der Waals surface area (Å²) in [6.45, 7) is 0.232.